The highest BCUT2D eigenvalue weighted by molar-refractivity contribution is 6.17. The van der Waals surface area contributed by atoms with Crippen LogP contribution in [0.4, 0.5) is 0 Å². The van der Waals surface area contributed by atoms with Crippen molar-refractivity contribution in [1.29, 1.82) is 0 Å². The van der Waals surface area contributed by atoms with Gasteiger partial charge in [-0.05, 0) is 55.9 Å². The number of benzene rings is 1. The fraction of sp³-hybridized carbons (Fsp3) is 0.562. The molecular formula is C16H21ClN2. The monoisotopic (exact) mass is 276 g/mol. The van der Waals surface area contributed by atoms with Gasteiger partial charge in [0.05, 0.1) is 11.0 Å². The second-order valence-electron chi connectivity index (χ2n) is 5.80. The van der Waals surface area contributed by atoms with Gasteiger partial charge < -0.3 is 4.57 Å². The van der Waals surface area contributed by atoms with Crippen molar-refractivity contribution in [2.24, 2.45) is 5.92 Å². The summed E-state index contributed by atoms with van der Waals surface area (Å²) >= 11 is 5.93. The molecule has 2 nitrogen and oxygen atoms in total. The zero-order valence-corrected chi connectivity index (χ0v) is 12.5. The lowest BCUT2D eigenvalue weighted by Crippen LogP contribution is -2.19. The molecule has 19 heavy (non-hydrogen) atoms. The van der Waals surface area contributed by atoms with Crippen molar-refractivity contribution >= 4 is 22.6 Å². The molecule has 1 aromatic heterocycles. The maximum absolute atomic E-state index is 5.93. The number of rotatable bonds is 4. The molecule has 0 atom stereocenters. The third kappa shape index (κ3) is 2.38. The highest BCUT2D eigenvalue weighted by atomic mass is 35.5. The summed E-state index contributed by atoms with van der Waals surface area (Å²) in [6, 6.07) is 4.49. The number of fused-ring (bicyclic) bond motifs is 1. The molecule has 0 spiro atoms. The van der Waals surface area contributed by atoms with Gasteiger partial charge in [-0.1, -0.05) is 6.42 Å². The first-order chi connectivity index (χ1) is 9.19. The van der Waals surface area contributed by atoms with Crippen molar-refractivity contribution < 1.29 is 0 Å². The molecule has 1 aliphatic carbocycles. The van der Waals surface area contributed by atoms with Gasteiger partial charge in [0.2, 0.25) is 0 Å². The van der Waals surface area contributed by atoms with E-state index in [0.717, 1.165) is 30.2 Å². The molecule has 0 saturated heterocycles. The fourth-order valence-electron chi connectivity index (χ4n) is 2.84. The molecule has 1 aliphatic rings. The highest BCUT2D eigenvalue weighted by Crippen LogP contribution is 2.30. The lowest BCUT2D eigenvalue weighted by Gasteiger charge is -2.26. The van der Waals surface area contributed by atoms with Crippen molar-refractivity contribution in [3.05, 3.63) is 29.1 Å². The first-order valence-corrected chi connectivity index (χ1v) is 7.75. The largest absolute Gasteiger partial charge is 0.328 e. The molecular weight excluding hydrogens is 256 g/mol. The van der Waals surface area contributed by atoms with Crippen LogP contribution in [0, 0.1) is 19.8 Å². The Balaban J connectivity index is 2.07. The molecule has 0 unspecified atom stereocenters. The molecule has 0 amide bonds. The van der Waals surface area contributed by atoms with Gasteiger partial charge in [-0.15, -0.1) is 11.6 Å². The first kappa shape index (κ1) is 13.0. The fourth-order valence-corrected chi connectivity index (χ4v) is 3.01. The average Bonchev–Trinajstić information content (AvgIpc) is 2.63. The van der Waals surface area contributed by atoms with Crippen molar-refractivity contribution in [3.63, 3.8) is 0 Å². The summed E-state index contributed by atoms with van der Waals surface area (Å²) < 4.78 is 2.41. The Hall–Kier alpha value is -1.02. The maximum atomic E-state index is 5.93. The normalized spacial score (nSPS) is 15.9. The van der Waals surface area contributed by atoms with Crippen molar-refractivity contribution in [2.45, 2.75) is 46.1 Å². The van der Waals surface area contributed by atoms with Crippen LogP contribution in [0.1, 0.15) is 36.2 Å². The zero-order chi connectivity index (χ0) is 13.4. The first-order valence-electron chi connectivity index (χ1n) is 7.21. The van der Waals surface area contributed by atoms with E-state index in [1.165, 1.54) is 35.9 Å². The van der Waals surface area contributed by atoms with Crippen LogP contribution in [0.3, 0.4) is 0 Å². The summed E-state index contributed by atoms with van der Waals surface area (Å²) in [7, 11) is 0. The predicted octanol–water partition coefficient (Wildman–Crippen LogP) is 4.23. The second kappa shape index (κ2) is 5.16. The SMILES string of the molecule is Cc1cc2nc(CCCl)n(CC3CCC3)c2cc1C. The number of aromatic nitrogens is 2. The quantitative estimate of drug-likeness (QED) is 0.764. The number of hydrogen-bond acceptors (Lipinski definition) is 1. The number of alkyl halides is 1. The third-order valence-electron chi connectivity index (χ3n) is 4.43. The summed E-state index contributed by atoms with van der Waals surface area (Å²) in [6.45, 7) is 5.45. The van der Waals surface area contributed by atoms with E-state index in [1.807, 2.05) is 0 Å². The van der Waals surface area contributed by atoms with Crippen LogP contribution in [-0.4, -0.2) is 15.4 Å². The van der Waals surface area contributed by atoms with Gasteiger partial charge >= 0.3 is 0 Å². The van der Waals surface area contributed by atoms with E-state index in [-0.39, 0.29) is 0 Å². The van der Waals surface area contributed by atoms with Crippen molar-refractivity contribution in [2.75, 3.05) is 5.88 Å². The Morgan fingerprint density at radius 2 is 2.00 bits per heavy atom. The van der Waals surface area contributed by atoms with Crippen LogP contribution in [-0.2, 0) is 13.0 Å². The molecule has 1 aromatic carbocycles. The van der Waals surface area contributed by atoms with Crippen LogP contribution in [0.25, 0.3) is 11.0 Å². The second-order valence-corrected chi connectivity index (χ2v) is 6.18. The van der Waals surface area contributed by atoms with E-state index in [4.69, 9.17) is 16.6 Å². The standard InChI is InChI=1S/C16H21ClN2/c1-11-8-14-15(9-12(11)2)19(10-13-4-3-5-13)16(18-14)6-7-17/h8-9,13H,3-7,10H2,1-2H3. The van der Waals surface area contributed by atoms with Crippen LogP contribution >= 0.6 is 11.6 Å². The summed E-state index contributed by atoms with van der Waals surface area (Å²) in [5.41, 5.74) is 5.08. The van der Waals surface area contributed by atoms with Gasteiger partial charge in [-0.3, -0.25) is 0 Å². The smallest absolute Gasteiger partial charge is 0.111 e. The average molecular weight is 277 g/mol. The summed E-state index contributed by atoms with van der Waals surface area (Å²) in [5, 5.41) is 0. The molecule has 0 bridgehead atoms. The molecule has 3 heteroatoms. The minimum Gasteiger partial charge on any atom is -0.328 e. The number of imidazole rings is 1. The Kier molecular flexibility index (Phi) is 3.53. The van der Waals surface area contributed by atoms with Crippen molar-refractivity contribution in [1.82, 2.24) is 9.55 Å². The molecule has 1 heterocycles. The Morgan fingerprint density at radius 3 is 2.63 bits per heavy atom. The summed E-state index contributed by atoms with van der Waals surface area (Å²) in [6.07, 6.45) is 4.98. The van der Waals surface area contributed by atoms with E-state index >= 15 is 0 Å². The zero-order valence-electron chi connectivity index (χ0n) is 11.7. The van der Waals surface area contributed by atoms with E-state index in [0.29, 0.717) is 5.88 Å². The molecule has 0 aliphatic heterocycles. The molecule has 0 radical (unpaired) electrons. The predicted molar refractivity (Wildman–Crippen MR) is 81.0 cm³/mol. The Bertz CT molecular complexity index is 596. The minimum absolute atomic E-state index is 0.645. The van der Waals surface area contributed by atoms with E-state index in [2.05, 4.69) is 30.5 Å². The van der Waals surface area contributed by atoms with E-state index < -0.39 is 0 Å². The molecule has 3 rings (SSSR count). The van der Waals surface area contributed by atoms with E-state index in [1.54, 1.807) is 0 Å². The van der Waals surface area contributed by atoms with Gasteiger partial charge in [-0.25, -0.2) is 4.98 Å². The number of hydrogen-bond donors (Lipinski definition) is 0. The molecule has 102 valence electrons. The topological polar surface area (TPSA) is 17.8 Å². The summed E-state index contributed by atoms with van der Waals surface area (Å²) in [5.74, 6) is 2.64. The molecule has 1 saturated carbocycles. The minimum atomic E-state index is 0.645. The number of aryl methyl sites for hydroxylation is 3. The lowest BCUT2D eigenvalue weighted by atomic mass is 9.85. The van der Waals surface area contributed by atoms with Gasteiger partial charge in [0.15, 0.2) is 0 Å². The Labute approximate surface area is 119 Å². The van der Waals surface area contributed by atoms with Gasteiger partial charge in [0.25, 0.3) is 0 Å². The Morgan fingerprint density at radius 1 is 1.26 bits per heavy atom. The van der Waals surface area contributed by atoms with Crippen LogP contribution < -0.4 is 0 Å². The molecule has 1 fully saturated rings. The van der Waals surface area contributed by atoms with E-state index in [9.17, 15) is 0 Å². The molecule has 0 N–H and O–H groups in total. The number of nitrogens with zero attached hydrogens (tertiary/aromatic N) is 2. The van der Waals surface area contributed by atoms with Crippen LogP contribution in [0.2, 0.25) is 0 Å². The summed E-state index contributed by atoms with van der Waals surface area (Å²) in [4.78, 5) is 4.79. The third-order valence-corrected chi connectivity index (χ3v) is 4.62. The van der Waals surface area contributed by atoms with Gasteiger partial charge in [0.1, 0.15) is 5.82 Å². The van der Waals surface area contributed by atoms with Gasteiger partial charge in [0, 0.05) is 18.8 Å². The maximum Gasteiger partial charge on any atom is 0.111 e. The lowest BCUT2D eigenvalue weighted by molar-refractivity contribution is 0.277. The van der Waals surface area contributed by atoms with Crippen molar-refractivity contribution in [3.8, 4) is 0 Å². The molecule has 2 aromatic rings. The highest BCUT2D eigenvalue weighted by Gasteiger charge is 2.21. The van der Waals surface area contributed by atoms with Crippen LogP contribution in [0.5, 0.6) is 0 Å². The number of halogens is 1. The van der Waals surface area contributed by atoms with Gasteiger partial charge in [-0.2, -0.15) is 0 Å². The van der Waals surface area contributed by atoms with Crippen LogP contribution in [0.15, 0.2) is 12.1 Å².